The van der Waals surface area contributed by atoms with Gasteiger partial charge >= 0.3 is 0 Å². The van der Waals surface area contributed by atoms with E-state index in [1.54, 1.807) is 0 Å². The molecule has 0 aliphatic rings. The van der Waals surface area contributed by atoms with Crippen LogP contribution >= 0.6 is 11.6 Å². The molecule has 0 amide bonds. The Hall–Kier alpha value is -1.99. The first kappa shape index (κ1) is 11.1. The summed E-state index contributed by atoms with van der Waals surface area (Å²) in [7, 11) is 0. The summed E-state index contributed by atoms with van der Waals surface area (Å²) >= 11 is 6.26. The molecule has 0 bridgehead atoms. The largest absolute Gasteiger partial charge is 0.317 e. The molecular formula is C16H12ClN. The lowest BCUT2D eigenvalue weighted by atomic mass is 10.1. The predicted octanol–water partition coefficient (Wildman–Crippen LogP) is 4.80. The first-order valence-corrected chi connectivity index (χ1v) is 6.22. The fraction of sp³-hybridized carbons (Fsp3) is 0. The Morgan fingerprint density at radius 3 is 2.22 bits per heavy atom. The molecule has 0 aliphatic carbocycles. The van der Waals surface area contributed by atoms with Crippen molar-refractivity contribution in [1.82, 2.24) is 4.57 Å². The molecule has 18 heavy (non-hydrogen) atoms. The van der Waals surface area contributed by atoms with E-state index < -0.39 is 0 Å². The number of halogens is 1. The SMILES string of the molecule is Clc1ccccc1-c1cccn1-c1ccccc1. The molecule has 0 aliphatic heterocycles. The van der Waals surface area contributed by atoms with Crippen LogP contribution in [-0.2, 0) is 0 Å². The molecule has 88 valence electrons. The summed E-state index contributed by atoms with van der Waals surface area (Å²) in [6.07, 6.45) is 2.05. The highest BCUT2D eigenvalue weighted by atomic mass is 35.5. The number of hydrogen-bond acceptors (Lipinski definition) is 0. The summed E-state index contributed by atoms with van der Waals surface area (Å²) < 4.78 is 2.14. The molecule has 0 spiro atoms. The molecule has 1 aromatic heterocycles. The Bertz CT molecular complexity index is 656. The molecule has 0 fully saturated rings. The summed E-state index contributed by atoms with van der Waals surface area (Å²) in [6, 6.07) is 22.3. The Morgan fingerprint density at radius 2 is 1.44 bits per heavy atom. The highest BCUT2D eigenvalue weighted by Gasteiger charge is 2.08. The van der Waals surface area contributed by atoms with Crippen molar-refractivity contribution in [3.63, 3.8) is 0 Å². The third-order valence-electron chi connectivity index (χ3n) is 2.93. The van der Waals surface area contributed by atoms with E-state index >= 15 is 0 Å². The monoisotopic (exact) mass is 253 g/mol. The van der Waals surface area contributed by atoms with E-state index in [0.29, 0.717) is 0 Å². The Morgan fingerprint density at radius 1 is 0.722 bits per heavy atom. The average Bonchev–Trinajstić information content (AvgIpc) is 2.89. The minimum atomic E-state index is 0.772. The first-order chi connectivity index (χ1) is 8.86. The molecule has 3 rings (SSSR count). The number of para-hydroxylation sites is 1. The van der Waals surface area contributed by atoms with Crippen molar-refractivity contribution in [3.05, 3.63) is 77.9 Å². The Kier molecular flexibility index (Phi) is 2.91. The molecular weight excluding hydrogens is 242 g/mol. The standard InChI is InChI=1S/C16H12ClN/c17-15-10-5-4-9-14(15)16-11-6-12-18(16)13-7-2-1-3-8-13/h1-12H. The van der Waals surface area contributed by atoms with E-state index in [9.17, 15) is 0 Å². The maximum absolute atomic E-state index is 6.26. The van der Waals surface area contributed by atoms with Gasteiger partial charge in [0.25, 0.3) is 0 Å². The van der Waals surface area contributed by atoms with Gasteiger partial charge in [0.2, 0.25) is 0 Å². The van der Waals surface area contributed by atoms with E-state index in [4.69, 9.17) is 11.6 Å². The number of benzene rings is 2. The van der Waals surface area contributed by atoms with E-state index in [1.807, 2.05) is 54.7 Å². The zero-order chi connectivity index (χ0) is 12.4. The second-order valence-electron chi connectivity index (χ2n) is 4.08. The van der Waals surface area contributed by atoms with Crippen LogP contribution in [0, 0.1) is 0 Å². The van der Waals surface area contributed by atoms with Gasteiger partial charge in [-0.1, -0.05) is 48.0 Å². The van der Waals surface area contributed by atoms with E-state index in [2.05, 4.69) is 22.8 Å². The zero-order valence-corrected chi connectivity index (χ0v) is 10.5. The topological polar surface area (TPSA) is 4.93 Å². The van der Waals surface area contributed by atoms with Crippen LogP contribution in [0.25, 0.3) is 16.9 Å². The van der Waals surface area contributed by atoms with Crippen LogP contribution in [0.4, 0.5) is 0 Å². The van der Waals surface area contributed by atoms with Crippen molar-refractivity contribution in [1.29, 1.82) is 0 Å². The van der Waals surface area contributed by atoms with Crippen molar-refractivity contribution in [2.24, 2.45) is 0 Å². The minimum Gasteiger partial charge on any atom is -0.317 e. The van der Waals surface area contributed by atoms with E-state index in [-0.39, 0.29) is 0 Å². The number of hydrogen-bond donors (Lipinski definition) is 0. The van der Waals surface area contributed by atoms with Crippen LogP contribution in [0.3, 0.4) is 0 Å². The van der Waals surface area contributed by atoms with Crippen LogP contribution in [0.15, 0.2) is 72.9 Å². The summed E-state index contributed by atoms with van der Waals surface area (Å²) in [5.74, 6) is 0. The van der Waals surface area contributed by atoms with Gasteiger partial charge in [-0.05, 0) is 30.3 Å². The van der Waals surface area contributed by atoms with Gasteiger partial charge in [-0.25, -0.2) is 0 Å². The van der Waals surface area contributed by atoms with Crippen LogP contribution in [0.2, 0.25) is 5.02 Å². The fourth-order valence-electron chi connectivity index (χ4n) is 2.08. The molecule has 0 atom stereocenters. The van der Waals surface area contributed by atoms with Gasteiger partial charge in [-0.3, -0.25) is 0 Å². The van der Waals surface area contributed by atoms with Crippen molar-refractivity contribution in [3.8, 4) is 16.9 Å². The van der Waals surface area contributed by atoms with Crippen molar-refractivity contribution >= 4 is 11.6 Å². The quantitative estimate of drug-likeness (QED) is 0.618. The molecule has 0 N–H and O–H groups in total. The smallest absolute Gasteiger partial charge is 0.0543 e. The average molecular weight is 254 g/mol. The van der Waals surface area contributed by atoms with Gasteiger partial charge < -0.3 is 4.57 Å². The van der Waals surface area contributed by atoms with Gasteiger partial charge in [0.15, 0.2) is 0 Å². The van der Waals surface area contributed by atoms with Gasteiger partial charge in [0, 0.05) is 22.5 Å². The van der Waals surface area contributed by atoms with E-state index in [0.717, 1.165) is 22.0 Å². The Balaban J connectivity index is 2.16. The zero-order valence-electron chi connectivity index (χ0n) is 9.75. The number of nitrogens with zero attached hydrogens (tertiary/aromatic N) is 1. The van der Waals surface area contributed by atoms with Gasteiger partial charge in [0.05, 0.1) is 5.69 Å². The van der Waals surface area contributed by atoms with Crippen LogP contribution in [-0.4, -0.2) is 4.57 Å². The fourth-order valence-corrected chi connectivity index (χ4v) is 2.32. The number of aromatic nitrogens is 1. The predicted molar refractivity (Wildman–Crippen MR) is 76.2 cm³/mol. The minimum absolute atomic E-state index is 0.772. The highest BCUT2D eigenvalue weighted by Crippen LogP contribution is 2.29. The maximum atomic E-state index is 6.26. The molecule has 0 unspecified atom stereocenters. The molecule has 1 heterocycles. The second-order valence-corrected chi connectivity index (χ2v) is 4.49. The molecule has 2 heteroatoms. The van der Waals surface area contributed by atoms with Crippen LogP contribution in [0.5, 0.6) is 0 Å². The third kappa shape index (κ3) is 1.93. The van der Waals surface area contributed by atoms with Crippen LogP contribution < -0.4 is 0 Å². The lowest BCUT2D eigenvalue weighted by Crippen LogP contribution is -1.94. The lowest BCUT2D eigenvalue weighted by molar-refractivity contribution is 1.09. The molecule has 2 aromatic carbocycles. The molecule has 3 aromatic rings. The maximum Gasteiger partial charge on any atom is 0.0543 e. The highest BCUT2D eigenvalue weighted by molar-refractivity contribution is 6.33. The van der Waals surface area contributed by atoms with Gasteiger partial charge in [0.1, 0.15) is 0 Å². The third-order valence-corrected chi connectivity index (χ3v) is 3.26. The van der Waals surface area contributed by atoms with Crippen molar-refractivity contribution in [2.75, 3.05) is 0 Å². The number of rotatable bonds is 2. The first-order valence-electron chi connectivity index (χ1n) is 5.84. The summed E-state index contributed by atoms with van der Waals surface area (Å²) in [5, 5.41) is 0.772. The van der Waals surface area contributed by atoms with Crippen molar-refractivity contribution < 1.29 is 0 Å². The van der Waals surface area contributed by atoms with E-state index in [1.165, 1.54) is 0 Å². The normalized spacial score (nSPS) is 10.5. The molecule has 0 radical (unpaired) electrons. The van der Waals surface area contributed by atoms with Crippen molar-refractivity contribution in [2.45, 2.75) is 0 Å². The lowest BCUT2D eigenvalue weighted by Gasteiger charge is -2.10. The summed E-state index contributed by atoms with van der Waals surface area (Å²) in [6.45, 7) is 0. The van der Waals surface area contributed by atoms with Crippen LogP contribution in [0.1, 0.15) is 0 Å². The summed E-state index contributed by atoms with van der Waals surface area (Å²) in [5.41, 5.74) is 3.29. The molecule has 0 saturated heterocycles. The van der Waals surface area contributed by atoms with Gasteiger partial charge in [-0.15, -0.1) is 0 Å². The Labute approximate surface area is 111 Å². The second kappa shape index (κ2) is 4.71. The summed E-state index contributed by atoms with van der Waals surface area (Å²) in [4.78, 5) is 0. The molecule has 1 nitrogen and oxygen atoms in total. The van der Waals surface area contributed by atoms with Gasteiger partial charge in [-0.2, -0.15) is 0 Å². The molecule has 0 saturated carbocycles.